The number of ether oxygens (including phenoxy) is 1. The Morgan fingerprint density at radius 1 is 1.19 bits per heavy atom. The van der Waals surface area contributed by atoms with E-state index in [1.165, 1.54) is 44.2 Å². The number of carbonyl (C=O) groups is 1. The van der Waals surface area contributed by atoms with Crippen LogP contribution in [0.5, 0.6) is 5.75 Å². The van der Waals surface area contributed by atoms with Crippen molar-refractivity contribution in [1.82, 2.24) is 14.9 Å². The minimum absolute atomic E-state index is 0.217. The molecule has 3 rings (SSSR count). The average molecular weight is 452 g/mol. The quantitative estimate of drug-likeness (QED) is 0.458. The molecular weight excluding hydrogens is 419 g/mol. The Kier molecular flexibility index (Phi) is 8.21. The van der Waals surface area contributed by atoms with Gasteiger partial charge in [0.1, 0.15) is 17.3 Å². The highest BCUT2D eigenvalue weighted by molar-refractivity contribution is 5.94. The van der Waals surface area contributed by atoms with Gasteiger partial charge in [-0.05, 0) is 49.9 Å². The van der Waals surface area contributed by atoms with Crippen molar-refractivity contribution in [3.63, 3.8) is 0 Å². The molecular formula is C24H32F3N3O2. The van der Waals surface area contributed by atoms with Gasteiger partial charge in [0, 0.05) is 24.3 Å². The van der Waals surface area contributed by atoms with Crippen LogP contribution in [0.1, 0.15) is 74.5 Å². The fourth-order valence-electron chi connectivity index (χ4n) is 4.30. The first-order valence-corrected chi connectivity index (χ1v) is 11.5. The van der Waals surface area contributed by atoms with Gasteiger partial charge in [-0.2, -0.15) is 0 Å². The van der Waals surface area contributed by atoms with Crippen LogP contribution >= 0.6 is 0 Å². The maximum atomic E-state index is 12.7. The number of imidazole rings is 1. The lowest BCUT2D eigenvalue weighted by molar-refractivity contribution is -0.274. The van der Waals surface area contributed by atoms with Gasteiger partial charge in [0.05, 0.1) is 0 Å². The van der Waals surface area contributed by atoms with E-state index >= 15 is 0 Å². The van der Waals surface area contributed by atoms with Gasteiger partial charge in [0.25, 0.3) is 5.91 Å². The van der Waals surface area contributed by atoms with Crippen molar-refractivity contribution in [3.8, 4) is 17.1 Å². The standard InChI is InChI=1S/C24H32F3N3O2/c1-3-4-15-28-23(31)21-17(2)30(16-14-18-8-6-5-7-9-18)22(29-21)19-10-12-20(13-11-19)32-24(25,26)27/h10-13,18H,3-9,14-16H2,1-2H3,(H,28,31). The van der Waals surface area contributed by atoms with E-state index in [2.05, 4.69) is 22.0 Å². The van der Waals surface area contributed by atoms with Gasteiger partial charge in [-0.1, -0.05) is 45.4 Å². The Balaban J connectivity index is 1.86. The molecule has 0 unspecified atom stereocenters. The fourth-order valence-corrected chi connectivity index (χ4v) is 4.30. The van der Waals surface area contributed by atoms with E-state index in [1.54, 1.807) is 12.1 Å². The molecule has 5 nitrogen and oxygen atoms in total. The van der Waals surface area contributed by atoms with Crippen LogP contribution in [0.2, 0.25) is 0 Å². The molecule has 1 fully saturated rings. The first-order chi connectivity index (χ1) is 15.3. The molecule has 1 aromatic heterocycles. The lowest BCUT2D eigenvalue weighted by Gasteiger charge is -2.22. The second-order valence-corrected chi connectivity index (χ2v) is 8.50. The first kappa shape index (κ1) is 24.1. The van der Waals surface area contributed by atoms with E-state index in [4.69, 9.17) is 0 Å². The molecule has 0 radical (unpaired) electrons. The molecule has 0 saturated heterocycles. The molecule has 0 aliphatic heterocycles. The summed E-state index contributed by atoms with van der Waals surface area (Å²) in [6.45, 7) is 5.25. The Morgan fingerprint density at radius 3 is 2.50 bits per heavy atom. The number of carbonyl (C=O) groups excluding carboxylic acids is 1. The van der Waals surface area contributed by atoms with Crippen molar-refractivity contribution in [3.05, 3.63) is 35.7 Å². The molecule has 1 saturated carbocycles. The summed E-state index contributed by atoms with van der Waals surface area (Å²) in [4.78, 5) is 17.3. The highest BCUT2D eigenvalue weighted by Crippen LogP contribution is 2.30. The number of rotatable bonds is 9. The number of nitrogens with zero attached hydrogens (tertiary/aromatic N) is 2. The van der Waals surface area contributed by atoms with E-state index in [0.29, 0.717) is 29.5 Å². The number of alkyl halides is 3. The number of halogens is 3. The fraction of sp³-hybridized carbons (Fsp3) is 0.583. The molecule has 0 bridgehead atoms. The molecule has 176 valence electrons. The minimum Gasteiger partial charge on any atom is -0.406 e. The molecule has 1 aliphatic carbocycles. The molecule has 0 spiro atoms. The summed E-state index contributed by atoms with van der Waals surface area (Å²) < 4.78 is 43.5. The van der Waals surface area contributed by atoms with Crippen molar-refractivity contribution >= 4 is 5.91 Å². The number of nitrogens with one attached hydrogen (secondary N) is 1. The average Bonchev–Trinajstić information content (AvgIpc) is 3.09. The monoisotopic (exact) mass is 451 g/mol. The van der Waals surface area contributed by atoms with Crippen LogP contribution in [-0.4, -0.2) is 28.4 Å². The third-order valence-corrected chi connectivity index (χ3v) is 6.08. The van der Waals surface area contributed by atoms with Gasteiger partial charge in [0.15, 0.2) is 0 Å². The van der Waals surface area contributed by atoms with Crippen LogP contribution in [0.4, 0.5) is 13.2 Å². The minimum atomic E-state index is -4.74. The number of unbranched alkanes of at least 4 members (excludes halogenated alkanes) is 1. The number of benzene rings is 1. The maximum absolute atomic E-state index is 12.7. The molecule has 2 aromatic rings. The van der Waals surface area contributed by atoms with E-state index in [1.807, 2.05) is 11.5 Å². The highest BCUT2D eigenvalue weighted by Gasteiger charge is 2.31. The largest absolute Gasteiger partial charge is 0.573 e. The zero-order chi connectivity index (χ0) is 23.1. The van der Waals surface area contributed by atoms with Crippen molar-refractivity contribution in [2.45, 2.75) is 78.1 Å². The Hall–Kier alpha value is -2.51. The summed E-state index contributed by atoms with van der Waals surface area (Å²) in [5.41, 5.74) is 1.80. The normalized spacial score (nSPS) is 15.0. The Labute approximate surface area is 187 Å². The molecule has 8 heteroatoms. The molecule has 32 heavy (non-hydrogen) atoms. The summed E-state index contributed by atoms with van der Waals surface area (Å²) in [6, 6.07) is 5.66. The second kappa shape index (κ2) is 10.9. The number of amides is 1. The van der Waals surface area contributed by atoms with Gasteiger partial charge in [-0.15, -0.1) is 13.2 Å². The number of aromatic nitrogens is 2. The first-order valence-electron chi connectivity index (χ1n) is 11.5. The lowest BCUT2D eigenvalue weighted by Crippen LogP contribution is -2.25. The summed E-state index contributed by atoms with van der Waals surface area (Å²) >= 11 is 0. The van der Waals surface area contributed by atoms with Gasteiger partial charge in [-0.25, -0.2) is 4.98 Å². The van der Waals surface area contributed by atoms with Crippen LogP contribution in [0.25, 0.3) is 11.4 Å². The smallest absolute Gasteiger partial charge is 0.406 e. The molecule has 1 amide bonds. The van der Waals surface area contributed by atoms with Crippen LogP contribution in [0, 0.1) is 12.8 Å². The summed E-state index contributed by atoms with van der Waals surface area (Å²) in [5.74, 6) is 0.752. The zero-order valence-electron chi connectivity index (χ0n) is 18.8. The van der Waals surface area contributed by atoms with Gasteiger partial charge in [-0.3, -0.25) is 4.79 Å². The predicted molar refractivity (Wildman–Crippen MR) is 118 cm³/mol. The van der Waals surface area contributed by atoms with E-state index < -0.39 is 6.36 Å². The molecule has 1 N–H and O–H groups in total. The second-order valence-electron chi connectivity index (χ2n) is 8.50. The van der Waals surface area contributed by atoms with Crippen molar-refractivity contribution < 1.29 is 22.7 Å². The lowest BCUT2D eigenvalue weighted by atomic mass is 9.87. The van der Waals surface area contributed by atoms with Crippen LogP contribution in [-0.2, 0) is 6.54 Å². The zero-order valence-corrected chi connectivity index (χ0v) is 18.8. The van der Waals surface area contributed by atoms with Crippen molar-refractivity contribution in [1.29, 1.82) is 0 Å². The maximum Gasteiger partial charge on any atom is 0.573 e. The molecule has 0 atom stereocenters. The Bertz CT molecular complexity index is 885. The topological polar surface area (TPSA) is 56.1 Å². The van der Waals surface area contributed by atoms with Crippen molar-refractivity contribution in [2.75, 3.05) is 6.54 Å². The van der Waals surface area contributed by atoms with E-state index in [9.17, 15) is 18.0 Å². The molecule has 1 aromatic carbocycles. The predicted octanol–water partition coefficient (Wildman–Crippen LogP) is 6.26. The van der Waals surface area contributed by atoms with E-state index in [0.717, 1.165) is 31.5 Å². The summed E-state index contributed by atoms with van der Waals surface area (Å²) in [5, 5.41) is 2.91. The number of hydrogen-bond acceptors (Lipinski definition) is 3. The third kappa shape index (κ3) is 6.50. The van der Waals surface area contributed by atoms with Crippen LogP contribution in [0.3, 0.4) is 0 Å². The van der Waals surface area contributed by atoms with Crippen LogP contribution in [0.15, 0.2) is 24.3 Å². The Morgan fingerprint density at radius 2 is 1.88 bits per heavy atom. The molecule has 1 heterocycles. The third-order valence-electron chi connectivity index (χ3n) is 6.08. The summed E-state index contributed by atoms with van der Waals surface area (Å²) in [6.07, 6.45) is 4.37. The highest BCUT2D eigenvalue weighted by atomic mass is 19.4. The van der Waals surface area contributed by atoms with Crippen molar-refractivity contribution in [2.24, 2.45) is 5.92 Å². The summed E-state index contributed by atoms with van der Waals surface area (Å²) in [7, 11) is 0. The molecule has 1 aliphatic rings. The van der Waals surface area contributed by atoms with Gasteiger partial charge >= 0.3 is 6.36 Å². The van der Waals surface area contributed by atoms with Gasteiger partial charge < -0.3 is 14.6 Å². The van der Waals surface area contributed by atoms with E-state index in [-0.39, 0.29) is 11.7 Å². The SMILES string of the molecule is CCCCNC(=O)c1nc(-c2ccc(OC(F)(F)F)cc2)n(CCC2CCCCC2)c1C. The van der Waals surface area contributed by atoms with Gasteiger partial charge in [0.2, 0.25) is 0 Å². The number of hydrogen-bond donors (Lipinski definition) is 1. The van der Waals surface area contributed by atoms with Crippen LogP contribution < -0.4 is 10.1 Å².